The van der Waals surface area contributed by atoms with Gasteiger partial charge >= 0.3 is 0 Å². The number of aromatic nitrogens is 1. The second-order valence-electron chi connectivity index (χ2n) is 5.42. The van der Waals surface area contributed by atoms with Gasteiger partial charge in [0.15, 0.2) is 0 Å². The van der Waals surface area contributed by atoms with E-state index in [1.807, 2.05) is 0 Å². The van der Waals surface area contributed by atoms with Crippen LogP contribution in [0.2, 0.25) is 0 Å². The highest BCUT2D eigenvalue weighted by Gasteiger charge is 2.24. The molecule has 7 heteroatoms. The van der Waals surface area contributed by atoms with Crippen LogP contribution in [0.3, 0.4) is 0 Å². The molecule has 2 aromatic heterocycles. The predicted octanol–water partition coefficient (Wildman–Crippen LogP) is 1.25. The number of carbonyl (C=O) groups is 2. The SMILES string of the molecule is Nc1ccc(C(=O)N2CCCN(C(=O)c3ccoc3)CC2)cn1. The number of hydrogen-bond acceptors (Lipinski definition) is 5. The molecule has 7 nitrogen and oxygen atoms in total. The van der Waals surface area contributed by atoms with Gasteiger partial charge in [0.25, 0.3) is 11.8 Å². The maximum Gasteiger partial charge on any atom is 0.257 e. The maximum absolute atomic E-state index is 12.5. The summed E-state index contributed by atoms with van der Waals surface area (Å²) in [7, 11) is 0. The van der Waals surface area contributed by atoms with Crippen molar-refractivity contribution in [1.82, 2.24) is 14.8 Å². The summed E-state index contributed by atoms with van der Waals surface area (Å²) in [6.45, 7) is 2.22. The number of nitrogens with zero attached hydrogens (tertiary/aromatic N) is 3. The minimum Gasteiger partial charge on any atom is -0.472 e. The van der Waals surface area contributed by atoms with Gasteiger partial charge in [0, 0.05) is 32.4 Å². The summed E-state index contributed by atoms with van der Waals surface area (Å²) in [5.74, 6) is 0.228. The fourth-order valence-corrected chi connectivity index (χ4v) is 2.61. The van der Waals surface area contributed by atoms with Crippen molar-refractivity contribution in [2.45, 2.75) is 6.42 Å². The van der Waals surface area contributed by atoms with Crippen LogP contribution in [0, 0.1) is 0 Å². The van der Waals surface area contributed by atoms with Crippen LogP contribution in [-0.2, 0) is 0 Å². The van der Waals surface area contributed by atoms with Gasteiger partial charge in [-0.2, -0.15) is 0 Å². The van der Waals surface area contributed by atoms with Crippen molar-refractivity contribution < 1.29 is 14.0 Å². The molecule has 0 saturated carbocycles. The van der Waals surface area contributed by atoms with E-state index in [4.69, 9.17) is 10.2 Å². The van der Waals surface area contributed by atoms with Crippen LogP contribution < -0.4 is 5.73 Å². The molecule has 1 fully saturated rings. The highest BCUT2D eigenvalue weighted by atomic mass is 16.3. The van der Waals surface area contributed by atoms with Crippen molar-refractivity contribution in [2.75, 3.05) is 31.9 Å². The number of pyridine rings is 1. The molecule has 1 saturated heterocycles. The van der Waals surface area contributed by atoms with Gasteiger partial charge in [0.1, 0.15) is 12.1 Å². The van der Waals surface area contributed by atoms with Crippen LogP contribution >= 0.6 is 0 Å². The molecule has 23 heavy (non-hydrogen) atoms. The van der Waals surface area contributed by atoms with Gasteiger partial charge in [-0.05, 0) is 24.6 Å². The van der Waals surface area contributed by atoms with Gasteiger partial charge in [-0.3, -0.25) is 9.59 Å². The summed E-state index contributed by atoms with van der Waals surface area (Å²) in [6, 6.07) is 4.93. The zero-order valence-corrected chi connectivity index (χ0v) is 12.6. The fraction of sp³-hybridized carbons (Fsp3) is 0.312. The molecule has 0 atom stereocenters. The van der Waals surface area contributed by atoms with E-state index in [-0.39, 0.29) is 11.8 Å². The van der Waals surface area contributed by atoms with Crippen LogP contribution in [0.5, 0.6) is 0 Å². The van der Waals surface area contributed by atoms with Crippen LogP contribution in [0.4, 0.5) is 5.82 Å². The van der Waals surface area contributed by atoms with Crippen LogP contribution in [-0.4, -0.2) is 52.8 Å². The first kappa shape index (κ1) is 15.1. The standard InChI is InChI=1S/C16H18N4O3/c17-14-3-2-12(10-18-14)15(21)19-5-1-6-20(8-7-19)16(22)13-4-9-23-11-13/h2-4,9-11H,1,5-8H2,(H2,17,18). The Labute approximate surface area is 133 Å². The van der Waals surface area contributed by atoms with Gasteiger partial charge < -0.3 is 20.0 Å². The number of nitrogens with two attached hydrogens (primary N) is 1. The predicted molar refractivity (Wildman–Crippen MR) is 83.8 cm³/mol. The first-order chi connectivity index (χ1) is 11.1. The number of carbonyl (C=O) groups excluding carboxylic acids is 2. The van der Waals surface area contributed by atoms with Crippen LogP contribution in [0.1, 0.15) is 27.1 Å². The second kappa shape index (κ2) is 6.51. The van der Waals surface area contributed by atoms with Gasteiger partial charge in [-0.15, -0.1) is 0 Å². The minimum atomic E-state index is -0.0879. The molecule has 120 valence electrons. The lowest BCUT2D eigenvalue weighted by molar-refractivity contribution is 0.0718. The number of nitrogen functional groups attached to an aromatic ring is 1. The smallest absolute Gasteiger partial charge is 0.257 e. The van der Waals surface area contributed by atoms with Crippen molar-refractivity contribution in [2.24, 2.45) is 0 Å². The largest absolute Gasteiger partial charge is 0.472 e. The zero-order valence-electron chi connectivity index (χ0n) is 12.6. The van der Waals surface area contributed by atoms with Gasteiger partial charge in [-0.1, -0.05) is 0 Å². The topological polar surface area (TPSA) is 92.7 Å². The van der Waals surface area contributed by atoms with Crippen LogP contribution in [0.15, 0.2) is 41.3 Å². The number of anilines is 1. The quantitative estimate of drug-likeness (QED) is 0.900. The van der Waals surface area contributed by atoms with Crippen molar-refractivity contribution in [3.63, 3.8) is 0 Å². The molecule has 2 N–H and O–H groups in total. The van der Waals surface area contributed by atoms with E-state index in [9.17, 15) is 9.59 Å². The second-order valence-corrected chi connectivity index (χ2v) is 5.42. The lowest BCUT2D eigenvalue weighted by Gasteiger charge is -2.21. The summed E-state index contributed by atoms with van der Waals surface area (Å²) in [5.41, 5.74) is 6.58. The molecule has 0 aliphatic carbocycles. The third-order valence-corrected chi connectivity index (χ3v) is 3.87. The number of rotatable bonds is 2. The summed E-state index contributed by atoms with van der Waals surface area (Å²) in [5, 5.41) is 0. The van der Waals surface area contributed by atoms with E-state index in [0.29, 0.717) is 43.1 Å². The molecule has 1 aliphatic heterocycles. The highest BCUT2D eigenvalue weighted by molar-refractivity contribution is 5.95. The molecular weight excluding hydrogens is 296 g/mol. The fourth-order valence-electron chi connectivity index (χ4n) is 2.61. The number of furan rings is 1. The first-order valence-electron chi connectivity index (χ1n) is 7.47. The van der Waals surface area contributed by atoms with E-state index < -0.39 is 0 Å². The van der Waals surface area contributed by atoms with Crippen molar-refractivity contribution in [3.05, 3.63) is 48.0 Å². The lowest BCUT2D eigenvalue weighted by Crippen LogP contribution is -2.37. The van der Waals surface area contributed by atoms with E-state index in [1.165, 1.54) is 18.7 Å². The molecule has 0 spiro atoms. The Morgan fingerprint density at radius 1 is 1.00 bits per heavy atom. The van der Waals surface area contributed by atoms with Crippen LogP contribution in [0.25, 0.3) is 0 Å². The monoisotopic (exact) mass is 314 g/mol. The van der Waals surface area contributed by atoms with E-state index in [1.54, 1.807) is 28.0 Å². The molecule has 0 radical (unpaired) electrons. The Balaban J connectivity index is 1.65. The van der Waals surface area contributed by atoms with Crippen molar-refractivity contribution in [3.8, 4) is 0 Å². The van der Waals surface area contributed by atoms with Crippen molar-refractivity contribution >= 4 is 17.6 Å². The lowest BCUT2D eigenvalue weighted by atomic mass is 10.2. The molecule has 3 rings (SSSR count). The third-order valence-electron chi connectivity index (χ3n) is 3.87. The molecule has 0 bridgehead atoms. The van der Waals surface area contributed by atoms with E-state index in [0.717, 1.165) is 6.42 Å². The van der Waals surface area contributed by atoms with Gasteiger partial charge in [-0.25, -0.2) is 4.98 Å². The molecule has 0 unspecified atom stereocenters. The molecule has 3 heterocycles. The average molecular weight is 314 g/mol. The summed E-state index contributed by atoms with van der Waals surface area (Å²) < 4.78 is 4.96. The molecule has 2 aromatic rings. The summed E-state index contributed by atoms with van der Waals surface area (Å²) in [6.07, 6.45) is 5.14. The highest BCUT2D eigenvalue weighted by Crippen LogP contribution is 2.12. The Kier molecular flexibility index (Phi) is 4.27. The van der Waals surface area contributed by atoms with E-state index >= 15 is 0 Å². The molecule has 1 aliphatic rings. The maximum atomic E-state index is 12.5. The average Bonchev–Trinajstić information content (AvgIpc) is 2.99. The molecule has 0 aromatic carbocycles. The minimum absolute atomic E-state index is 0.0674. The summed E-state index contributed by atoms with van der Waals surface area (Å²) >= 11 is 0. The molecular formula is C16H18N4O3. The van der Waals surface area contributed by atoms with Gasteiger partial charge in [0.05, 0.1) is 17.4 Å². The van der Waals surface area contributed by atoms with Gasteiger partial charge in [0.2, 0.25) is 0 Å². The first-order valence-corrected chi connectivity index (χ1v) is 7.47. The Hall–Kier alpha value is -2.83. The number of amides is 2. The molecule has 2 amide bonds. The Morgan fingerprint density at radius 2 is 1.70 bits per heavy atom. The Morgan fingerprint density at radius 3 is 2.26 bits per heavy atom. The van der Waals surface area contributed by atoms with Crippen molar-refractivity contribution in [1.29, 1.82) is 0 Å². The summed E-state index contributed by atoms with van der Waals surface area (Å²) in [4.78, 5) is 32.3. The normalized spacial score (nSPS) is 15.3. The zero-order chi connectivity index (χ0) is 16.2. The Bertz CT molecular complexity index is 682. The third kappa shape index (κ3) is 3.33. The van der Waals surface area contributed by atoms with E-state index in [2.05, 4.69) is 4.98 Å². The number of hydrogen-bond donors (Lipinski definition) is 1.